The third-order valence-electron chi connectivity index (χ3n) is 3.28. The molecular weight excluding hydrogens is 248 g/mol. The largest absolute Gasteiger partial charge is 0.0839 e. The number of alkyl halides is 1. The van der Waals surface area contributed by atoms with Crippen LogP contribution in [-0.4, -0.2) is 0 Å². The van der Waals surface area contributed by atoms with Gasteiger partial charge in [0.05, 0.1) is 0 Å². The first-order valence-electron chi connectivity index (χ1n) is 5.70. The van der Waals surface area contributed by atoms with Crippen molar-refractivity contribution >= 4 is 15.9 Å². The molecule has 1 rings (SSSR count). The van der Waals surface area contributed by atoms with E-state index in [-0.39, 0.29) is 0 Å². The topological polar surface area (TPSA) is 0 Å². The average molecular weight is 269 g/mol. The van der Waals surface area contributed by atoms with E-state index in [4.69, 9.17) is 0 Å². The van der Waals surface area contributed by atoms with Crippen LogP contribution in [0.2, 0.25) is 0 Å². The first-order valence-corrected chi connectivity index (χ1v) is 6.62. The molecular formula is C14H21Br. The minimum atomic E-state index is 0.515. The van der Waals surface area contributed by atoms with Crippen LogP contribution in [0.15, 0.2) is 6.07 Å². The summed E-state index contributed by atoms with van der Waals surface area (Å²) >= 11 is 3.82. The standard InChI is InChI=1S/C14H21Br/c1-6-7-13(15)14-11(4)9(2)8-10(3)12(14)5/h8,13H,6-7H2,1-5H3. The van der Waals surface area contributed by atoms with Crippen LogP contribution in [-0.2, 0) is 0 Å². The van der Waals surface area contributed by atoms with Gasteiger partial charge in [-0.1, -0.05) is 35.3 Å². The molecule has 0 nitrogen and oxygen atoms in total. The van der Waals surface area contributed by atoms with Gasteiger partial charge in [0.15, 0.2) is 0 Å². The summed E-state index contributed by atoms with van der Waals surface area (Å²) in [5, 5.41) is 0. The van der Waals surface area contributed by atoms with Crippen LogP contribution in [0.1, 0.15) is 52.4 Å². The zero-order valence-corrected chi connectivity index (χ0v) is 12.0. The molecule has 0 saturated carbocycles. The van der Waals surface area contributed by atoms with Gasteiger partial charge in [-0.3, -0.25) is 0 Å². The van der Waals surface area contributed by atoms with E-state index in [2.05, 4.69) is 56.6 Å². The normalized spacial score (nSPS) is 12.9. The van der Waals surface area contributed by atoms with E-state index >= 15 is 0 Å². The number of aryl methyl sites for hydroxylation is 2. The van der Waals surface area contributed by atoms with Crippen LogP contribution >= 0.6 is 15.9 Å². The second-order valence-corrected chi connectivity index (χ2v) is 5.54. The Morgan fingerprint density at radius 3 is 1.93 bits per heavy atom. The molecule has 15 heavy (non-hydrogen) atoms. The molecule has 0 aliphatic heterocycles. The smallest absolute Gasteiger partial charge is 0.0400 e. The molecule has 1 aromatic carbocycles. The lowest BCUT2D eigenvalue weighted by molar-refractivity contribution is 0.778. The van der Waals surface area contributed by atoms with Crippen molar-refractivity contribution in [1.82, 2.24) is 0 Å². The number of hydrogen-bond donors (Lipinski definition) is 0. The van der Waals surface area contributed by atoms with Gasteiger partial charge < -0.3 is 0 Å². The van der Waals surface area contributed by atoms with Gasteiger partial charge in [0, 0.05) is 4.83 Å². The lowest BCUT2D eigenvalue weighted by Gasteiger charge is -2.19. The second kappa shape index (κ2) is 5.16. The van der Waals surface area contributed by atoms with Gasteiger partial charge >= 0.3 is 0 Å². The molecule has 0 bridgehead atoms. The Hall–Kier alpha value is -0.300. The maximum atomic E-state index is 3.82. The molecule has 0 aliphatic rings. The molecule has 0 fully saturated rings. The number of halogens is 1. The molecule has 0 radical (unpaired) electrons. The molecule has 84 valence electrons. The summed E-state index contributed by atoms with van der Waals surface area (Å²) in [6.07, 6.45) is 2.44. The highest BCUT2D eigenvalue weighted by molar-refractivity contribution is 9.09. The van der Waals surface area contributed by atoms with Crippen molar-refractivity contribution in [3.63, 3.8) is 0 Å². The zero-order valence-electron chi connectivity index (χ0n) is 10.4. The third kappa shape index (κ3) is 2.63. The van der Waals surface area contributed by atoms with Crippen molar-refractivity contribution < 1.29 is 0 Å². The van der Waals surface area contributed by atoms with Gasteiger partial charge in [-0.15, -0.1) is 0 Å². The van der Waals surface area contributed by atoms with E-state index in [0.29, 0.717) is 4.83 Å². The van der Waals surface area contributed by atoms with Crippen molar-refractivity contribution in [3.05, 3.63) is 33.9 Å². The maximum absolute atomic E-state index is 3.82. The Bertz CT molecular complexity index is 327. The molecule has 1 atom stereocenters. The molecule has 0 saturated heterocycles. The van der Waals surface area contributed by atoms with E-state index in [9.17, 15) is 0 Å². The molecule has 0 heterocycles. The van der Waals surface area contributed by atoms with Crippen LogP contribution in [0.25, 0.3) is 0 Å². The maximum Gasteiger partial charge on any atom is 0.0400 e. The fourth-order valence-electron chi connectivity index (χ4n) is 2.11. The Morgan fingerprint density at radius 1 is 1.07 bits per heavy atom. The van der Waals surface area contributed by atoms with Crippen LogP contribution in [0, 0.1) is 27.7 Å². The monoisotopic (exact) mass is 268 g/mol. The van der Waals surface area contributed by atoms with E-state index < -0.39 is 0 Å². The fourth-order valence-corrected chi connectivity index (χ4v) is 3.26. The lowest BCUT2D eigenvalue weighted by Crippen LogP contribution is -2.01. The predicted octanol–water partition coefficient (Wildman–Crippen LogP) is 5.16. The second-order valence-electron chi connectivity index (χ2n) is 4.43. The first kappa shape index (κ1) is 12.8. The summed E-state index contributed by atoms with van der Waals surface area (Å²) in [5.41, 5.74) is 7.23. The molecule has 1 unspecified atom stereocenters. The molecule has 1 aromatic rings. The Kier molecular flexibility index (Phi) is 4.39. The van der Waals surface area contributed by atoms with E-state index in [1.807, 2.05) is 0 Å². The average Bonchev–Trinajstić information content (AvgIpc) is 2.16. The molecule has 1 heteroatoms. The van der Waals surface area contributed by atoms with E-state index in [0.717, 1.165) is 0 Å². The summed E-state index contributed by atoms with van der Waals surface area (Å²) in [4.78, 5) is 0.515. The van der Waals surface area contributed by atoms with Gasteiger partial charge in [-0.25, -0.2) is 0 Å². The Morgan fingerprint density at radius 2 is 1.53 bits per heavy atom. The Balaban J connectivity index is 3.26. The predicted molar refractivity (Wildman–Crippen MR) is 72.0 cm³/mol. The molecule has 0 N–H and O–H groups in total. The Labute approximate surface area is 102 Å². The van der Waals surface area contributed by atoms with Crippen LogP contribution in [0.3, 0.4) is 0 Å². The van der Waals surface area contributed by atoms with Gasteiger partial charge in [0.2, 0.25) is 0 Å². The lowest BCUT2D eigenvalue weighted by atomic mass is 9.91. The van der Waals surface area contributed by atoms with Crippen molar-refractivity contribution in [2.24, 2.45) is 0 Å². The van der Waals surface area contributed by atoms with E-state index in [1.165, 1.54) is 40.7 Å². The zero-order chi connectivity index (χ0) is 11.6. The summed E-state index contributed by atoms with van der Waals surface area (Å²) in [7, 11) is 0. The number of benzene rings is 1. The summed E-state index contributed by atoms with van der Waals surface area (Å²) in [6, 6.07) is 2.29. The quantitative estimate of drug-likeness (QED) is 0.665. The highest BCUT2D eigenvalue weighted by Crippen LogP contribution is 2.35. The highest BCUT2D eigenvalue weighted by atomic mass is 79.9. The molecule has 0 aliphatic carbocycles. The van der Waals surface area contributed by atoms with Gasteiger partial charge in [-0.05, 0) is 61.9 Å². The summed E-state index contributed by atoms with van der Waals surface area (Å²) in [6.45, 7) is 11.1. The molecule has 0 amide bonds. The van der Waals surface area contributed by atoms with Crippen molar-refractivity contribution in [2.45, 2.75) is 52.3 Å². The minimum Gasteiger partial charge on any atom is -0.0839 e. The fraction of sp³-hybridized carbons (Fsp3) is 0.571. The molecule has 0 aromatic heterocycles. The summed E-state index contributed by atoms with van der Waals surface area (Å²) in [5.74, 6) is 0. The van der Waals surface area contributed by atoms with Gasteiger partial charge in [0.25, 0.3) is 0 Å². The van der Waals surface area contributed by atoms with Crippen molar-refractivity contribution in [2.75, 3.05) is 0 Å². The van der Waals surface area contributed by atoms with Crippen LogP contribution in [0.4, 0.5) is 0 Å². The first-order chi connectivity index (χ1) is 6.99. The number of rotatable bonds is 3. The SMILES string of the molecule is CCCC(Br)c1c(C)c(C)cc(C)c1C. The minimum absolute atomic E-state index is 0.515. The van der Waals surface area contributed by atoms with Crippen LogP contribution < -0.4 is 0 Å². The summed E-state index contributed by atoms with van der Waals surface area (Å²) < 4.78 is 0. The van der Waals surface area contributed by atoms with Gasteiger partial charge in [0.1, 0.15) is 0 Å². The highest BCUT2D eigenvalue weighted by Gasteiger charge is 2.15. The molecule has 0 spiro atoms. The van der Waals surface area contributed by atoms with Gasteiger partial charge in [-0.2, -0.15) is 0 Å². The van der Waals surface area contributed by atoms with Crippen molar-refractivity contribution in [3.8, 4) is 0 Å². The van der Waals surface area contributed by atoms with Crippen LogP contribution in [0.5, 0.6) is 0 Å². The van der Waals surface area contributed by atoms with E-state index in [1.54, 1.807) is 0 Å². The van der Waals surface area contributed by atoms with Crippen molar-refractivity contribution in [1.29, 1.82) is 0 Å². The third-order valence-corrected chi connectivity index (χ3v) is 4.20. The number of hydrogen-bond acceptors (Lipinski definition) is 0.